The number of aliphatic carboxylic acids is 1. The van der Waals surface area contributed by atoms with Crippen LogP contribution in [0.2, 0.25) is 0 Å². The van der Waals surface area contributed by atoms with E-state index >= 15 is 0 Å². The van der Waals surface area contributed by atoms with Gasteiger partial charge >= 0.3 is 11.9 Å². The van der Waals surface area contributed by atoms with Gasteiger partial charge in [-0.1, -0.05) is 48.5 Å². The van der Waals surface area contributed by atoms with Gasteiger partial charge in [-0.3, -0.25) is 14.4 Å². The summed E-state index contributed by atoms with van der Waals surface area (Å²) in [5.74, 6) is 1.15. The molecule has 2 heterocycles. The maximum Gasteiger partial charge on any atom is 0.309 e. The van der Waals surface area contributed by atoms with E-state index in [1.165, 1.54) is 5.57 Å². The van der Waals surface area contributed by atoms with E-state index in [-0.39, 0.29) is 57.7 Å². The lowest BCUT2D eigenvalue weighted by Gasteiger charge is -2.72. The van der Waals surface area contributed by atoms with Crippen LogP contribution >= 0.6 is 0 Å². The number of esters is 1. The zero-order valence-electron chi connectivity index (χ0n) is 32.0. The summed E-state index contributed by atoms with van der Waals surface area (Å²) < 4.78 is 12.6. The Bertz CT molecular complexity index is 1780. The number of carboxylic acids is 1. The van der Waals surface area contributed by atoms with Crippen molar-refractivity contribution in [2.75, 3.05) is 0 Å². The van der Waals surface area contributed by atoms with E-state index in [0.29, 0.717) is 30.0 Å². The Morgan fingerprint density at radius 2 is 1.65 bits per heavy atom. The van der Waals surface area contributed by atoms with Crippen LogP contribution in [0, 0.1) is 50.7 Å². The Morgan fingerprint density at radius 3 is 2.31 bits per heavy atom. The van der Waals surface area contributed by atoms with Gasteiger partial charge in [-0.05, 0) is 122 Å². The molecule has 0 radical (unpaired) electrons. The molecule has 0 amide bonds. The van der Waals surface area contributed by atoms with Gasteiger partial charge in [0.15, 0.2) is 5.78 Å². The number of hydrogen-bond donors (Lipinski definition) is 1. The second-order valence-corrected chi connectivity index (χ2v) is 19.0. The van der Waals surface area contributed by atoms with Crippen LogP contribution in [0.25, 0.3) is 11.7 Å². The number of ketones is 1. The molecule has 0 spiro atoms. The first-order valence-corrected chi connectivity index (χ1v) is 19.1. The average molecular weight is 701 g/mol. The molecule has 0 aromatic carbocycles. The first kappa shape index (κ1) is 36.0. The van der Waals surface area contributed by atoms with Crippen molar-refractivity contribution in [1.82, 2.24) is 20.2 Å². The highest BCUT2D eigenvalue weighted by atomic mass is 16.5. The van der Waals surface area contributed by atoms with E-state index in [1.54, 1.807) is 32.3 Å². The minimum atomic E-state index is -1.17. The molecule has 5 aliphatic carbocycles. The molecule has 0 bridgehead atoms. The number of ether oxygens (including phenoxy) is 1. The van der Waals surface area contributed by atoms with E-state index in [4.69, 9.17) is 9.15 Å². The summed E-state index contributed by atoms with van der Waals surface area (Å²) in [4.78, 5) is 47.6. The summed E-state index contributed by atoms with van der Waals surface area (Å²) in [5, 5.41) is 18.6. The summed E-state index contributed by atoms with van der Waals surface area (Å²) in [6.45, 7) is 19.6. The number of Topliss-reactive ketones (excluding diaryl/α,β-unsaturated/α-hetero) is 1. The van der Waals surface area contributed by atoms with Gasteiger partial charge in [0.25, 0.3) is 5.89 Å². The number of nitrogens with zero attached hydrogens (tertiary/aromatic N) is 4. The van der Waals surface area contributed by atoms with Crippen LogP contribution in [0.1, 0.15) is 132 Å². The molecule has 0 saturated heterocycles. The molecule has 0 unspecified atom stereocenters. The van der Waals surface area contributed by atoms with Crippen molar-refractivity contribution in [3.63, 3.8) is 0 Å². The minimum absolute atomic E-state index is 0.0330. The van der Waals surface area contributed by atoms with Crippen LogP contribution in [0.3, 0.4) is 0 Å². The molecule has 5 aliphatic rings. The van der Waals surface area contributed by atoms with E-state index in [0.717, 1.165) is 56.9 Å². The Morgan fingerprint density at radius 1 is 0.941 bits per heavy atom. The second-order valence-electron chi connectivity index (χ2n) is 19.0. The SMILES string of the molecule is CC(C)C1=C2[C@H]3CC[C@@H]4[C@@]5(C)CC[C@H](OC(=O)CC(C)(C)C(=O)O)C(C)(C)[C@@H]5CC[C@@]4(C)[C@]3(C)CC[C@@]2(c2nnc(-c3ncccn3)o2)CC1=O. The van der Waals surface area contributed by atoms with Crippen LogP contribution < -0.4 is 0 Å². The molecule has 4 saturated carbocycles. The van der Waals surface area contributed by atoms with Gasteiger partial charge < -0.3 is 14.3 Å². The summed E-state index contributed by atoms with van der Waals surface area (Å²) in [5.41, 5.74) is 0.265. The highest BCUT2D eigenvalue weighted by Crippen LogP contribution is 2.76. The first-order chi connectivity index (χ1) is 23.8. The fourth-order valence-corrected chi connectivity index (χ4v) is 12.6. The molecule has 2 aromatic heterocycles. The predicted molar refractivity (Wildman–Crippen MR) is 190 cm³/mol. The molecule has 7 rings (SSSR count). The summed E-state index contributed by atoms with van der Waals surface area (Å²) in [6, 6.07) is 1.75. The lowest BCUT2D eigenvalue weighted by molar-refractivity contribution is -0.232. The molecule has 2 aromatic rings. The van der Waals surface area contributed by atoms with Gasteiger partial charge in [0.1, 0.15) is 6.10 Å². The fourth-order valence-electron chi connectivity index (χ4n) is 12.6. The van der Waals surface area contributed by atoms with E-state index in [9.17, 15) is 19.5 Å². The van der Waals surface area contributed by atoms with Crippen molar-refractivity contribution in [2.45, 2.75) is 138 Å². The van der Waals surface area contributed by atoms with Gasteiger partial charge in [-0.15, -0.1) is 10.2 Å². The Labute approximate surface area is 302 Å². The van der Waals surface area contributed by atoms with Crippen LogP contribution in [-0.2, 0) is 24.5 Å². The molecule has 276 valence electrons. The van der Waals surface area contributed by atoms with Crippen LogP contribution in [0.5, 0.6) is 0 Å². The van der Waals surface area contributed by atoms with E-state index in [1.807, 2.05) is 0 Å². The van der Waals surface area contributed by atoms with Gasteiger partial charge in [-0.25, -0.2) is 9.97 Å². The summed E-state index contributed by atoms with van der Waals surface area (Å²) >= 11 is 0. The van der Waals surface area contributed by atoms with Crippen molar-refractivity contribution < 1.29 is 28.6 Å². The molecular weight excluding hydrogens is 644 g/mol. The number of rotatable bonds is 7. The van der Waals surface area contributed by atoms with Crippen LogP contribution in [0.15, 0.2) is 34.0 Å². The minimum Gasteiger partial charge on any atom is -0.481 e. The van der Waals surface area contributed by atoms with E-state index in [2.05, 4.69) is 68.6 Å². The molecule has 1 N–H and O–H groups in total. The Kier molecular flexibility index (Phi) is 8.31. The third-order valence-electron chi connectivity index (χ3n) is 15.4. The zero-order valence-corrected chi connectivity index (χ0v) is 32.0. The number of fused-ring (bicyclic) bond motifs is 7. The molecule has 0 aliphatic heterocycles. The van der Waals surface area contributed by atoms with Crippen LogP contribution in [0.4, 0.5) is 0 Å². The largest absolute Gasteiger partial charge is 0.481 e. The highest BCUT2D eigenvalue weighted by Gasteiger charge is 2.71. The third kappa shape index (κ3) is 5.11. The Balaban J connectivity index is 1.21. The van der Waals surface area contributed by atoms with Gasteiger partial charge in [0.05, 0.1) is 17.3 Å². The second kappa shape index (κ2) is 11.8. The third-order valence-corrected chi connectivity index (χ3v) is 15.4. The molecule has 10 heteroatoms. The van der Waals surface area contributed by atoms with Gasteiger partial charge in [0.2, 0.25) is 11.7 Å². The van der Waals surface area contributed by atoms with Gasteiger partial charge in [0, 0.05) is 24.2 Å². The smallest absolute Gasteiger partial charge is 0.309 e. The maximum absolute atomic E-state index is 14.1. The molecule has 10 nitrogen and oxygen atoms in total. The molecular formula is C41H56N4O6. The van der Waals surface area contributed by atoms with E-state index < -0.39 is 22.8 Å². The number of hydrogen-bond acceptors (Lipinski definition) is 9. The van der Waals surface area contributed by atoms with Crippen molar-refractivity contribution >= 4 is 17.7 Å². The standard InChI is InChI=1S/C41H56N4O6/c1-23(2)30-25(46)21-41(34-45-44-33(51-34)32-42-19-10-20-43-32)18-17-39(8)24(31(30)41)11-12-27-38(7)15-14-28(50-29(47)22-36(3,4)35(48)49)37(5,6)26(38)13-16-40(27,39)9/h10,19-20,23-24,26-28H,11-18,21-22H2,1-9H3,(H,48,49)/t24-,26+,27-,28+,38+,39-,40-,41-/m1/s1. The molecule has 51 heavy (non-hydrogen) atoms. The number of carbonyl (C=O) groups is 3. The molecule has 4 fully saturated rings. The fraction of sp³-hybridized carbons (Fsp3) is 0.732. The van der Waals surface area contributed by atoms with Crippen LogP contribution in [-0.4, -0.2) is 49.1 Å². The molecule has 8 atom stereocenters. The maximum atomic E-state index is 14.1. The number of aromatic nitrogens is 4. The number of carbonyl (C=O) groups excluding carboxylic acids is 2. The topological polar surface area (TPSA) is 145 Å². The van der Waals surface area contributed by atoms with Crippen molar-refractivity contribution in [2.24, 2.45) is 50.7 Å². The number of allylic oxidation sites excluding steroid dienone is 2. The zero-order chi connectivity index (χ0) is 36.9. The van der Waals surface area contributed by atoms with Crippen molar-refractivity contribution in [3.8, 4) is 11.7 Å². The lowest BCUT2D eigenvalue weighted by atomic mass is 9.33. The lowest BCUT2D eigenvalue weighted by Crippen LogP contribution is -2.66. The summed E-state index contributed by atoms with van der Waals surface area (Å²) in [7, 11) is 0. The Hall–Kier alpha value is -3.43. The van der Waals surface area contributed by atoms with Gasteiger partial charge in [-0.2, -0.15) is 0 Å². The predicted octanol–water partition coefficient (Wildman–Crippen LogP) is 8.17. The summed E-state index contributed by atoms with van der Waals surface area (Å²) in [6.07, 6.45) is 11.0. The highest BCUT2D eigenvalue weighted by molar-refractivity contribution is 6.01. The van der Waals surface area contributed by atoms with Crippen molar-refractivity contribution in [1.29, 1.82) is 0 Å². The van der Waals surface area contributed by atoms with Crippen molar-refractivity contribution in [3.05, 3.63) is 35.5 Å². The monoisotopic (exact) mass is 700 g/mol. The quantitative estimate of drug-likeness (QED) is 0.281. The average Bonchev–Trinajstić information content (AvgIpc) is 3.67. The first-order valence-electron chi connectivity index (χ1n) is 19.1. The normalized spacial score (nSPS) is 37.3. The number of carboxylic acid groups (broad SMARTS) is 1.